The fraction of sp³-hybridized carbons (Fsp3) is 0.650. The monoisotopic (exact) mass is 331 g/mol. The van der Waals surface area contributed by atoms with Crippen molar-refractivity contribution in [2.24, 2.45) is 23.5 Å². The molecule has 134 valence electrons. The first-order valence-corrected chi connectivity index (χ1v) is 9.28. The number of amides is 1. The molecule has 0 bridgehead atoms. The van der Waals surface area contributed by atoms with E-state index in [9.17, 15) is 4.79 Å². The lowest BCUT2D eigenvalue weighted by molar-refractivity contribution is -0.125. The van der Waals surface area contributed by atoms with Crippen LogP contribution in [0.5, 0.6) is 0 Å². The lowest BCUT2D eigenvalue weighted by atomic mass is 9.92. The molecule has 2 rings (SSSR count). The Hall–Kier alpha value is -1.39. The Kier molecular flexibility index (Phi) is 7.25. The molecule has 1 saturated heterocycles. The van der Waals surface area contributed by atoms with Gasteiger partial charge in [-0.1, -0.05) is 51.1 Å². The number of carbonyl (C=O) groups is 1. The molecule has 0 radical (unpaired) electrons. The number of carbonyl (C=O) groups excluding carboxylic acids is 1. The molecule has 3 N–H and O–H groups in total. The molecule has 1 aromatic carbocycles. The Morgan fingerprint density at radius 2 is 1.88 bits per heavy atom. The van der Waals surface area contributed by atoms with Crippen molar-refractivity contribution in [1.82, 2.24) is 10.2 Å². The summed E-state index contributed by atoms with van der Waals surface area (Å²) in [7, 11) is 0. The van der Waals surface area contributed by atoms with Crippen LogP contribution in [0.3, 0.4) is 0 Å². The Morgan fingerprint density at radius 3 is 2.50 bits per heavy atom. The summed E-state index contributed by atoms with van der Waals surface area (Å²) in [4.78, 5) is 14.8. The van der Waals surface area contributed by atoms with Crippen LogP contribution in [0.4, 0.5) is 0 Å². The van der Waals surface area contributed by atoms with Crippen molar-refractivity contribution in [3.8, 4) is 0 Å². The van der Waals surface area contributed by atoms with Gasteiger partial charge in [-0.2, -0.15) is 0 Å². The molecule has 4 unspecified atom stereocenters. The maximum Gasteiger partial charge on any atom is 0.224 e. The summed E-state index contributed by atoms with van der Waals surface area (Å²) in [6, 6.07) is 9.58. The van der Waals surface area contributed by atoms with Crippen molar-refractivity contribution in [3.63, 3.8) is 0 Å². The molecule has 1 aliphatic rings. The molecule has 4 atom stereocenters. The van der Waals surface area contributed by atoms with E-state index in [1.807, 2.05) is 37.3 Å². The van der Waals surface area contributed by atoms with E-state index in [1.54, 1.807) is 0 Å². The highest BCUT2D eigenvalue weighted by Gasteiger charge is 2.23. The topological polar surface area (TPSA) is 58.4 Å². The van der Waals surface area contributed by atoms with E-state index < -0.39 is 0 Å². The molecular weight excluding hydrogens is 298 g/mol. The summed E-state index contributed by atoms with van der Waals surface area (Å²) >= 11 is 0. The third-order valence-corrected chi connectivity index (χ3v) is 5.03. The second-order valence-electron chi connectivity index (χ2n) is 7.58. The van der Waals surface area contributed by atoms with Crippen LogP contribution in [-0.4, -0.2) is 37.0 Å². The minimum Gasteiger partial charge on any atom is -0.356 e. The fourth-order valence-corrected chi connectivity index (χ4v) is 3.78. The van der Waals surface area contributed by atoms with Crippen LogP contribution in [0, 0.1) is 17.8 Å². The minimum atomic E-state index is -0.255. The van der Waals surface area contributed by atoms with Crippen molar-refractivity contribution in [2.75, 3.05) is 26.2 Å². The first kappa shape index (κ1) is 18.9. The van der Waals surface area contributed by atoms with Gasteiger partial charge in [0.1, 0.15) is 0 Å². The molecule has 1 aromatic rings. The van der Waals surface area contributed by atoms with Crippen LogP contribution in [0.25, 0.3) is 0 Å². The summed E-state index contributed by atoms with van der Waals surface area (Å²) < 4.78 is 0. The highest BCUT2D eigenvalue weighted by Crippen LogP contribution is 2.21. The van der Waals surface area contributed by atoms with Crippen molar-refractivity contribution in [3.05, 3.63) is 35.9 Å². The van der Waals surface area contributed by atoms with E-state index in [-0.39, 0.29) is 17.9 Å². The number of piperidine rings is 1. The molecule has 0 spiro atoms. The normalized spacial score (nSPS) is 24.3. The summed E-state index contributed by atoms with van der Waals surface area (Å²) in [6.07, 6.45) is 2.33. The number of rotatable bonds is 7. The number of hydrogen-bond donors (Lipinski definition) is 2. The van der Waals surface area contributed by atoms with Crippen LogP contribution in [0.2, 0.25) is 0 Å². The zero-order valence-electron chi connectivity index (χ0n) is 15.4. The molecular formula is C20H33N3O. The Morgan fingerprint density at radius 1 is 1.25 bits per heavy atom. The van der Waals surface area contributed by atoms with Gasteiger partial charge in [-0.15, -0.1) is 0 Å². The van der Waals surface area contributed by atoms with Crippen molar-refractivity contribution in [2.45, 2.75) is 39.7 Å². The predicted octanol–water partition coefficient (Wildman–Crippen LogP) is 2.81. The van der Waals surface area contributed by atoms with Gasteiger partial charge in [0, 0.05) is 25.7 Å². The Balaban J connectivity index is 1.69. The average Bonchev–Trinajstić information content (AvgIpc) is 2.57. The minimum absolute atomic E-state index is 0.0479. The van der Waals surface area contributed by atoms with Gasteiger partial charge in [-0.3, -0.25) is 4.79 Å². The Labute approximate surface area is 146 Å². The van der Waals surface area contributed by atoms with Crippen LogP contribution in [0.15, 0.2) is 30.3 Å². The number of likely N-dealkylation sites (tertiary alicyclic amines) is 1. The van der Waals surface area contributed by atoms with Crippen molar-refractivity contribution in [1.29, 1.82) is 0 Å². The second kappa shape index (κ2) is 9.19. The number of nitrogens with zero attached hydrogens (tertiary/aromatic N) is 1. The third kappa shape index (κ3) is 5.60. The SMILES string of the molecule is CC1CC(C)CN(CCCNC(=O)C(C)C(N)c2ccccc2)C1. The van der Waals surface area contributed by atoms with Crippen LogP contribution in [-0.2, 0) is 4.79 Å². The summed E-state index contributed by atoms with van der Waals surface area (Å²) in [5.41, 5.74) is 7.23. The number of benzene rings is 1. The van der Waals surface area contributed by atoms with Gasteiger partial charge in [0.25, 0.3) is 0 Å². The molecule has 1 aliphatic heterocycles. The summed E-state index contributed by atoms with van der Waals surface area (Å²) in [5, 5.41) is 3.05. The molecule has 1 fully saturated rings. The van der Waals surface area contributed by atoms with E-state index in [0.717, 1.165) is 36.9 Å². The molecule has 0 aliphatic carbocycles. The lowest BCUT2D eigenvalue weighted by Crippen LogP contribution is -2.41. The standard InChI is InChI=1S/C20H33N3O/c1-15-12-16(2)14-23(13-15)11-7-10-22-20(24)17(3)19(21)18-8-5-4-6-9-18/h4-6,8-9,15-17,19H,7,10-14,21H2,1-3H3,(H,22,24). The van der Waals surface area contributed by atoms with Gasteiger partial charge in [0.15, 0.2) is 0 Å². The number of hydrogen-bond acceptors (Lipinski definition) is 3. The van der Waals surface area contributed by atoms with E-state index in [2.05, 4.69) is 24.1 Å². The molecule has 4 heteroatoms. The van der Waals surface area contributed by atoms with Crippen molar-refractivity contribution >= 4 is 5.91 Å². The zero-order chi connectivity index (χ0) is 17.5. The quantitative estimate of drug-likeness (QED) is 0.755. The van der Waals surface area contributed by atoms with Gasteiger partial charge in [-0.25, -0.2) is 0 Å². The molecule has 24 heavy (non-hydrogen) atoms. The highest BCUT2D eigenvalue weighted by molar-refractivity contribution is 5.79. The van der Waals surface area contributed by atoms with Gasteiger partial charge in [-0.05, 0) is 36.8 Å². The molecule has 0 aromatic heterocycles. The molecule has 1 amide bonds. The fourth-order valence-electron chi connectivity index (χ4n) is 3.78. The van der Waals surface area contributed by atoms with Gasteiger partial charge in [0.05, 0.1) is 5.92 Å². The number of nitrogens with one attached hydrogen (secondary N) is 1. The Bertz CT molecular complexity index is 495. The predicted molar refractivity (Wildman–Crippen MR) is 99.5 cm³/mol. The van der Waals surface area contributed by atoms with Crippen LogP contribution < -0.4 is 11.1 Å². The second-order valence-corrected chi connectivity index (χ2v) is 7.58. The van der Waals surface area contributed by atoms with E-state index in [1.165, 1.54) is 19.5 Å². The van der Waals surface area contributed by atoms with Gasteiger partial charge >= 0.3 is 0 Å². The molecule has 1 heterocycles. The first-order valence-electron chi connectivity index (χ1n) is 9.28. The largest absolute Gasteiger partial charge is 0.356 e. The van der Waals surface area contributed by atoms with Crippen LogP contribution >= 0.6 is 0 Å². The maximum absolute atomic E-state index is 12.3. The van der Waals surface area contributed by atoms with Crippen LogP contribution in [0.1, 0.15) is 45.2 Å². The summed E-state index contributed by atoms with van der Waals surface area (Å²) in [5.74, 6) is 1.40. The zero-order valence-corrected chi connectivity index (χ0v) is 15.4. The van der Waals surface area contributed by atoms with Crippen molar-refractivity contribution < 1.29 is 4.79 Å². The van der Waals surface area contributed by atoms with Gasteiger partial charge in [0.2, 0.25) is 5.91 Å². The maximum atomic E-state index is 12.3. The van der Waals surface area contributed by atoms with E-state index in [0.29, 0.717) is 0 Å². The first-order chi connectivity index (χ1) is 11.5. The van der Waals surface area contributed by atoms with E-state index in [4.69, 9.17) is 5.73 Å². The smallest absolute Gasteiger partial charge is 0.224 e. The summed E-state index contributed by atoms with van der Waals surface area (Å²) in [6.45, 7) is 10.7. The lowest BCUT2D eigenvalue weighted by Gasteiger charge is -2.35. The number of nitrogens with two attached hydrogens (primary N) is 1. The third-order valence-electron chi connectivity index (χ3n) is 5.03. The average molecular weight is 332 g/mol. The van der Waals surface area contributed by atoms with Gasteiger partial charge < -0.3 is 16.0 Å². The molecule has 0 saturated carbocycles. The molecule has 4 nitrogen and oxygen atoms in total. The van der Waals surface area contributed by atoms with E-state index >= 15 is 0 Å². The highest BCUT2D eigenvalue weighted by atomic mass is 16.1.